The molecule has 1 aromatic carbocycles. The number of ether oxygens (including phenoxy) is 2. The number of benzene rings is 1. The third-order valence-corrected chi connectivity index (χ3v) is 3.89. The third kappa shape index (κ3) is 6.03. The molecule has 0 aliphatic heterocycles. The largest absolute Gasteiger partial charge is 0.465 e. The van der Waals surface area contributed by atoms with E-state index in [9.17, 15) is 4.79 Å². The van der Waals surface area contributed by atoms with Gasteiger partial charge in [0.1, 0.15) is 0 Å². The Kier molecular flexibility index (Phi) is 6.68. The summed E-state index contributed by atoms with van der Waals surface area (Å²) in [5.41, 5.74) is 1.16. The number of amides is 1. The Bertz CT molecular complexity index is 443. The van der Waals surface area contributed by atoms with Gasteiger partial charge in [0, 0.05) is 6.04 Å². The summed E-state index contributed by atoms with van der Waals surface area (Å²) in [4.78, 5) is 10.6. The van der Waals surface area contributed by atoms with Gasteiger partial charge in [0.05, 0.1) is 25.4 Å². The molecule has 1 aliphatic carbocycles. The maximum absolute atomic E-state index is 10.6. The van der Waals surface area contributed by atoms with Gasteiger partial charge in [-0.3, -0.25) is 0 Å². The van der Waals surface area contributed by atoms with Crippen LogP contribution in [0.1, 0.15) is 38.2 Å². The number of rotatable bonds is 7. The zero-order valence-electron chi connectivity index (χ0n) is 13.0. The van der Waals surface area contributed by atoms with Crippen LogP contribution in [0.5, 0.6) is 0 Å². The quantitative estimate of drug-likeness (QED) is 0.812. The minimum absolute atomic E-state index is 0.0534. The van der Waals surface area contributed by atoms with Crippen molar-refractivity contribution in [2.24, 2.45) is 0 Å². The van der Waals surface area contributed by atoms with E-state index in [1.54, 1.807) is 0 Å². The molecule has 2 rings (SSSR count). The lowest BCUT2D eigenvalue weighted by Gasteiger charge is -2.30. The molecule has 1 saturated carbocycles. The molecule has 0 radical (unpaired) electrons. The molecule has 1 unspecified atom stereocenters. The first-order valence-corrected chi connectivity index (χ1v) is 7.90. The predicted octanol–water partition coefficient (Wildman–Crippen LogP) is 3.19. The van der Waals surface area contributed by atoms with Crippen molar-refractivity contribution in [1.29, 1.82) is 0 Å². The highest BCUT2D eigenvalue weighted by molar-refractivity contribution is 5.64. The van der Waals surface area contributed by atoms with Crippen LogP contribution in [0.25, 0.3) is 0 Å². The fourth-order valence-corrected chi connectivity index (χ4v) is 2.80. The van der Waals surface area contributed by atoms with Gasteiger partial charge in [-0.25, -0.2) is 4.79 Å². The van der Waals surface area contributed by atoms with Gasteiger partial charge in [-0.2, -0.15) is 0 Å². The second-order valence-corrected chi connectivity index (χ2v) is 5.87. The summed E-state index contributed by atoms with van der Waals surface area (Å²) >= 11 is 0. The number of carboxylic acid groups (broad SMARTS) is 1. The Hall–Kier alpha value is -1.59. The number of nitrogens with one attached hydrogen (secondary N) is 1. The topological polar surface area (TPSA) is 67.8 Å². The monoisotopic (exact) mass is 307 g/mol. The molecule has 5 heteroatoms. The first-order valence-electron chi connectivity index (χ1n) is 7.90. The molecule has 1 aromatic rings. The van der Waals surface area contributed by atoms with Crippen molar-refractivity contribution in [2.75, 3.05) is 6.61 Å². The lowest BCUT2D eigenvalue weighted by molar-refractivity contribution is -0.0650. The van der Waals surface area contributed by atoms with Gasteiger partial charge in [-0.15, -0.1) is 0 Å². The molecule has 122 valence electrons. The standard InChI is InChI=1S/C17H25NO4/c1-13(11-21-12-14-5-3-2-4-6-14)22-16-9-7-15(8-10-16)18-17(19)20/h2-6,13,15-16,18H,7-12H2,1H3,(H,19,20). The van der Waals surface area contributed by atoms with Crippen LogP contribution in [0.2, 0.25) is 0 Å². The Morgan fingerprint density at radius 1 is 1.27 bits per heavy atom. The fourth-order valence-electron chi connectivity index (χ4n) is 2.80. The fraction of sp³-hybridized carbons (Fsp3) is 0.588. The number of carbonyl (C=O) groups is 1. The second-order valence-electron chi connectivity index (χ2n) is 5.87. The highest BCUT2D eigenvalue weighted by Gasteiger charge is 2.24. The van der Waals surface area contributed by atoms with Crippen LogP contribution in [-0.2, 0) is 16.1 Å². The zero-order valence-corrected chi connectivity index (χ0v) is 13.0. The average molecular weight is 307 g/mol. The first-order chi connectivity index (χ1) is 10.6. The van der Waals surface area contributed by atoms with Crippen LogP contribution < -0.4 is 5.32 Å². The molecule has 1 fully saturated rings. The van der Waals surface area contributed by atoms with E-state index in [1.807, 2.05) is 37.3 Å². The van der Waals surface area contributed by atoms with E-state index < -0.39 is 6.09 Å². The molecule has 0 heterocycles. The van der Waals surface area contributed by atoms with E-state index in [1.165, 1.54) is 0 Å². The molecule has 0 spiro atoms. The van der Waals surface area contributed by atoms with Crippen molar-refractivity contribution in [3.8, 4) is 0 Å². The van der Waals surface area contributed by atoms with Crippen LogP contribution in [0.15, 0.2) is 30.3 Å². The van der Waals surface area contributed by atoms with Crippen molar-refractivity contribution in [3.05, 3.63) is 35.9 Å². The SMILES string of the molecule is CC(COCc1ccccc1)OC1CCC(NC(=O)O)CC1. The molecular formula is C17H25NO4. The third-order valence-electron chi connectivity index (χ3n) is 3.89. The molecule has 0 aromatic heterocycles. The lowest BCUT2D eigenvalue weighted by Crippen LogP contribution is -2.39. The van der Waals surface area contributed by atoms with E-state index in [2.05, 4.69) is 5.32 Å². The van der Waals surface area contributed by atoms with Crippen LogP contribution in [-0.4, -0.2) is 36.1 Å². The van der Waals surface area contributed by atoms with Crippen molar-refractivity contribution in [3.63, 3.8) is 0 Å². The molecule has 2 N–H and O–H groups in total. The van der Waals surface area contributed by atoms with Crippen LogP contribution >= 0.6 is 0 Å². The van der Waals surface area contributed by atoms with Crippen LogP contribution in [0.3, 0.4) is 0 Å². The maximum atomic E-state index is 10.6. The summed E-state index contributed by atoms with van der Waals surface area (Å²) < 4.78 is 11.7. The number of hydrogen-bond donors (Lipinski definition) is 2. The van der Waals surface area contributed by atoms with E-state index in [-0.39, 0.29) is 18.2 Å². The smallest absolute Gasteiger partial charge is 0.404 e. The van der Waals surface area contributed by atoms with E-state index in [0.29, 0.717) is 13.2 Å². The van der Waals surface area contributed by atoms with E-state index in [4.69, 9.17) is 14.6 Å². The normalized spacial score (nSPS) is 23.0. The summed E-state index contributed by atoms with van der Waals surface area (Å²) in [6.45, 7) is 3.19. The van der Waals surface area contributed by atoms with Crippen LogP contribution in [0.4, 0.5) is 4.79 Å². The van der Waals surface area contributed by atoms with Gasteiger partial charge in [0.2, 0.25) is 0 Å². The van der Waals surface area contributed by atoms with Crippen molar-refractivity contribution in [2.45, 2.75) is 57.5 Å². The summed E-state index contributed by atoms with van der Waals surface area (Å²) in [6, 6.07) is 10.2. The molecule has 1 aliphatic rings. The van der Waals surface area contributed by atoms with Gasteiger partial charge in [-0.1, -0.05) is 30.3 Å². The first kappa shape index (κ1) is 16.8. The Morgan fingerprint density at radius 3 is 2.59 bits per heavy atom. The van der Waals surface area contributed by atoms with Crippen molar-refractivity contribution in [1.82, 2.24) is 5.32 Å². The molecule has 0 bridgehead atoms. The molecule has 0 saturated heterocycles. The lowest BCUT2D eigenvalue weighted by atomic mass is 9.93. The molecule has 1 atom stereocenters. The summed E-state index contributed by atoms with van der Waals surface area (Å²) in [7, 11) is 0. The van der Waals surface area contributed by atoms with Crippen LogP contribution in [0, 0.1) is 0 Å². The molecule has 1 amide bonds. The highest BCUT2D eigenvalue weighted by atomic mass is 16.5. The average Bonchev–Trinajstić information content (AvgIpc) is 2.50. The highest BCUT2D eigenvalue weighted by Crippen LogP contribution is 2.22. The predicted molar refractivity (Wildman–Crippen MR) is 83.8 cm³/mol. The Morgan fingerprint density at radius 2 is 1.95 bits per heavy atom. The maximum Gasteiger partial charge on any atom is 0.404 e. The molecule has 5 nitrogen and oxygen atoms in total. The van der Waals surface area contributed by atoms with Gasteiger partial charge < -0.3 is 19.9 Å². The van der Waals surface area contributed by atoms with Crippen molar-refractivity contribution >= 4 is 6.09 Å². The van der Waals surface area contributed by atoms with E-state index in [0.717, 1.165) is 31.2 Å². The van der Waals surface area contributed by atoms with Gasteiger partial charge in [0.25, 0.3) is 0 Å². The summed E-state index contributed by atoms with van der Waals surface area (Å²) in [6.07, 6.45) is 2.80. The van der Waals surface area contributed by atoms with Crippen molar-refractivity contribution < 1.29 is 19.4 Å². The minimum atomic E-state index is -0.938. The Labute approximate surface area is 131 Å². The van der Waals surface area contributed by atoms with Gasteiger partial charge in [-0.05, 0) is 38.2 Å². The summed E-state index contributed by atoms with van der Waals surface area (Å²) in [5, 5.41) is 11.3. The van der Waals surface area contributed by atoms with Gasteiger partial charge >= 0.3 is 6.09 Å². The minimum Gasteiger partial charge on any atom is -0.465 e. The van der Waals surface area contributed by atoms with E-state index >= 15 is 0 Å². The molecule has 22 heavy (non-hydrogen) atoms. The van der Waals surface area contributed by atoms with Gasteiger partial charge in [0.15, 0.2) is 0 Å². The summed E-state index contributed by atoms with van der Waals surface area (Å²) in [5.74, 6) is 0. The zero-order chi connectivity index (χ0) is 15.8. The molecular weight excluding hydrogens is 282 g/mol. The number of hydrogen-bond acceptors (Lipinski definition) is 3. The second kappa shape index (κ2) is 8.76. The Balaban J connectivity index is 1.59.